The average molecular weight is 547 g/mol. The van der Waals surface area contributed by atoms with Gasteiger partial charge in [-0.15, -0.1) is 0 Å². The third-order valence-corrected chi connectivity index (χ3v) is 6.90. The fourth-order valence-corrected chi connectivity index (χ4v) is 4.82. The van der Waals surface area contributed by atoms with Crippen LogP contribution in [0.3, 0.4) is 0 Å². The van der Waals surface area contributed by atoms with Crippen molar-refractivity contribution in [2.24, 2.45) is 0 Å². The SMILES string of the molecule is c1ccc2c(Oc3ccc(Oc4ccc(Oc5ccc(Oc6cccc7ccccc67)cc5)cc4)cc3)cccc2c1. The van der Waals surface area contributed by atoms with E-state index in [1.807, 2.05) is 121 Å². The predicted octanol–water partition coefficient (Wildman–Crippen LogP) is 11.2. The second-order valence-corrected chi connectivity index (χ2v) is 9.78. The highest BCUT2D eigenvalue weighted by Gasteiger charge is 2.06. The van der Waals surface area contributed by atoms with Crippen molar-refractivity contribution in [2.75, 3.05) is 0 Å². The zero-order valence-electron chi connectivity index (χ0n) is 22.6. The van der Waals surface area contributed by atoms with Gasteiger partial charge in [0.15, 0.2) is 0 Å². The van der Waals surface area contributed by atoms with Crippen molar-refractivity contribution < 1.29 is 18.9 Å². The van der Waals surface area contributed by atoms with Crippen LogP contribution in [0.2, 0.25) is 0 Å². The van der Waals surface area contributed by atoms with Gasteiger partial charge in [-0.1, -0.05) is 72.8 Å². The van der Waals surface area contributed by atoms with E-state index >= 15 is 0 Å². The zero-order chi connectivity index (χ0) is 28.1. The second-order valence-electron chi connectivity index (χ2n) is 9.78. The van der Waals surface area contributed by atoms with Crippen LogP contribution in [0.15, 0.2) is 158 Å². The third kappa shape index (κ3) is 5.60. The van der Waals surface area contributed by atoms with Crippen molar-refractivity contribution in [2.45, 2.75) is 0 Å². The molecule has 0 aromatic heterocycles. The highest BCUT2D eigenvalue weighted by atomic mass is 16.5. The molecule has 7 aromatic rings. The Labute approximate surface area is 243 Å². The molecule has 0 fully saturated rings. The van der Waals surface area contributed by atoms with Crippen LogP contribution < -0.4 is 18.9 Å². The molecule has 0 heterocycles. The van der Waals surface area contributed by atoms with Crippen molar-refractivity contribution in [3.63, 3.8) is 0 Å². The maximum atomic E-state index is 6.14. The molecule has 0 aliphatic heterocycles. The molecule has 0 saturated carbocycles. The number of hydrogen-bond acceptors (Lipinski definition) is 4. The first-order chi connectivity index (χ1) is 20.8. The van der Waals surface area contributed by atoms with Gasteiger partial charge >= 0.3 is 0 Å². The van der Waals surface area contributed by atoms with Crippen molar-refractivity contribution in [1.82, 2.24) is 0 Å². The Bertz CT molecular complexity index is 1810. The van der Waals surface area contributed by atoms with Crippen LogP contribution >= 0.6 is 0 Å². The molecule has 0 aliphatic rings. The van der Waals surface area contributed by atoms with E-state index in [1.54, 1.807) is 0 Å². The van der Waals surface area contributed by atoms with E-state index in [0.29, 0.717) is 11.5 Å². The Hall–Kier alpha value is -5.74. The Morgan fingerprint density at radius 2 is 0.524 bits per heavy atom. The third-order valence-electron chi connectivity index (χ3n) is 6.90. The standard InChI is InChI=1S/C38H26O4/c1-3-11-35-27(7-1)9-5-13-37(35)41-33-23-19-31(20-24-33)39-29-15-17-30(18-16-29)40-32-21-25-34(26-22-32)42-38-14-6-10-28-8-2-4-12-36(28)38/h1-26H. The minimum Gasteiger partial charge on any atom is -0.457 e. The molecular weight excluding hydrogens is 520 g/mol. The van der Waals surface area contributed by atoms with E-state index in [2.05, 4.69) is 36.4 Å². The number of ether oxygens (including phenoxy) is 4. The first kappa shape index (κ1) is 25.2. The number of benzene rings is 7. The molecule has 0 bridgehead atoms. The fraction of sp³-hybridized carbons (Fsp3) is 0. The topological polar surface area (TPSA) is 36.9 Å². The van der Waals surface area contributed by atoms with Gasteiger partial charge in [0.05, 0.1) is 0 Å². The maximum absolute atomic E-state index is 6.14. The molecule has 0 spiro atoms. The summed E-state index contributed by atoms with van der Waals surface area (Å²) in [6.45, 7) is 0. The summed E-state index contributed by atoms with van der Waals surface area (Å²) in [5.41, 5.74) is 0. The van der Waals surface area contributed by atoms with Crippen LogP contribution in [0.1, 0.15) is 0 Å². The van der Waals surface area contributed by atoms with E-state index in [1.165, 1.54) is 0 Å². The Morgan fingerprint density at radius 3 is 0.881 bits per heavy atom. The van der Waals surface area contributed by atoms with E-state index < -0.39 is 0 Å². The molecule has 4 heteroatoms. The highest BCUT2D eigenvalue weighted by Crippen LogP contribution is 2.34. The van der Waals surface area contributed by atoms with E-state index in [9.17, 15) is 0 Å². The molecule has 0 amide bonds. The molecule has 0 radical (unpaired) electrons. The summed E-state index contributed by atoms with van der Waals surface area (Å²) >= 11 is 0. The number of hydrogen-bond donors (Lipinski definition) is 0. The van der Waals surface area contributed by atoms with E-state index in [4.69, 9.17) is 18.9 Å². The largest absolute Gasteiger partial charge is 0.457 e. The first-order valence-electron chi connectivity index (χ1n) is 13.7. The van der Waals surface area contributed by atoms with Crippen molar-refractivity contribution in [3.8, 4) is 46.0 Å². The average Bonchev–Trinajstić information content (AvgIpc) is 3.04. The second kappa shape index (κ2) is 11.4. The van der Waals surface area contributed by atoms with Crippen LogP contribution in [-0.2, 0) is 0 Å². The molecule has 0 atom stereocenters. The van der Waals surface area contributed by atoms with Crippen LogP contribution in [0.25, 0.3) is 21.5 Å². The van der Waals surface area contributed by atoms with Crippen LogP contribution in [0.4, 0.5) is 0 Å². The van der Waals surface area contributed by atoms with Gasteiger partial charge in [0, 0.05) is 10.8 Å². The van der Waals surface area contributed by atoms with Gasteiger partial charge in [-0.2, -0.15) is 0 Å². The Kier molecular flexibility index (Phi) is 6.85. The van der Waals surface area contributed by atoms with Gasteiger partial charge in [-0.3, -0.25) is 0 Å². The van der Waals surface area contributed by atoms with Gasteiger partial charge in [-0.25, -0.2) is 0 Å². The van der Waals surface area contributed by atoms with E-state index in [-0.39, 0.29) is 0 Å². The summed E-state index contributed by atoms with van der Waals surface area (Å²) in [5.74, 6) is 6.00. The van der Waals surface area contributed by atoms with Gasteiger partial charge in [-0.05, 0) is 95.7 Å². The summed E-state index contributed by atoms with van der Waals surface area (Å²) in [4.78, 5) is 0. The van der Waals surface area contributed by atoms with Gasteiger partial charge < -0.3 is 18.9 Å². The molecule has 4 nitrogen and oxygen atoms in total. The lowest BCUT2D eigenvalue weighted by molar-refractivity contribution is 0.463. The molecule has 202 valence electrons. The lowest BCUT2D eigenvalue weighted by atomic mass is 10.1. The first-order valence-corrected chi connectivity index (χ1v) is 13.7. The van der Waals surface area contributed by atoms with Crippen molar-refractivity contribution in [3.05, 3.63) is 158 Å². The Balaban J connectivity index is 0.963. The molecule has 0 saturated heterocycles. The fourth-order valence-electron chi connectivity index (χ4n) is 4.82. The summed E-state index contributed by atoms with van der Waals surface area (Å²) in [7, 11) is 0. The summed E-state index contributed by atoms with van der Waals surface area (Å²) in [5, 5.41) is 4.44. The van der Waals surface area contributed by atoms with Crippen molar-refractivity contribution >= 4 is 21.5 Å². The molecule has 7 rings (SSSR count). The summed E-state index contributed by atoms with van der Waals surface area (Å²) in [6.07, 6.45) is 0. The van der Waals surface area contributed by atoms with Gasteiger partial charge in [0.25, 0.3) is 0 Å². The van der Waals surface area contributed by atoms with Crippen LogP contribution in [0.5, 0.6) is 46.0 Å². The highest BCUT2D eigenvalue weighted by molar-refractivity contribution is 5.89. The monoisotopic (exact) mass is 546 g/mol. The molecule has 0 unspecified atom stereocenters. The quantitative estimate of drug-likeness (QED) is 0.190. The van der Waals surface area contributed by atoms with E-state index in [0.717, 1.165) is 56.0 Å². The normalized spacial score (nSPS) is 10.9. The maximum Gasteiger partial charge on any atom is 0.135 e. The van der Waals surface area contributed by atoms with Crippen LogP contribution in [0, 0.1) is 0 Å². The van der Waals surface area contributed by atoms with Crippen molar-refractivity contribution in [1.29, 1.82) is 0 Å². The van der Waals surface area contributed by atoms with Crippen LogP contribution in [-0.4, -0.2) is 0 Å². The molecule has 0 aliphatic carbocycles. The van der Waals surface area contributed by atoms with Gasteiger partial charge in [0.1, 0.15) is 46.0 Å². The molecule has 0 N–H and O–H groups in total. The molecule has 7 aromatic carbocycles. The molecule has 42 heavy (non-hydrogen) atoms. The lowest BCUT2D eigenvalue weighted by Gasteiger charge is -2.11. The number of fused-ring (bicyclic) bond motifs is 2. The lowest BCUT2D eigenvalue weighted by Crippen LogP contribution is -1.89. The number of rotatable bonds is 8. The smallest absolute Gasteiger partial charge is 0.135 e. The summed E-state index contributed by atoms with van der Waals surface area (Å²) < 4.78 is 24.4. The molecular formula is C38H26O4. The van der Waals surface area contributed by atoms with Gasteiger partial charge in [0.2, 0.25) is 0 Å². The summed E-state index contributed by atoms with van der Waals surface area (Å²) in [6, 6.07) is 51.2. The Morgan fingerprint density at radius 1 is 0.238 bits per heavy atom. The zero-order valence-corrected chi connectivity index (χ0v) is 22.6. The predicted molar refractivity (Wildman–Crippen MR) is 168 cm³/mol. The minimum absolute atomic E-state index is 0.712. The minimum atomic E-state index is 0.712.